The highest BCUT2D eigenvalue weighted by Gasteiger charge is 2.25. The lowest BCUT2D eigenvalue weighted by molar-refractivity contribution is -0.144. The fraction of sp³-hybridized carbons (Fsp3) is 0.357. The third kappa shape index (κ3) is 3.30. The summed E-state index contributed by atoms with van der Waals surface area (Å²) in [5.41, 5.74) is 6.85. The number of hydrogen-bond acceptors (Lipinski definition) is 6. The molecule has 0 fully saturated rings. The fourth-order valence-electron chi connectivity index (χ4n) is 1.93. The lowest BCUT2D eigenvalue weighted by Gasteiger charge is -2.19. The number of esters is 1. The molecule has 0 spiro atoms. The summed E-state index contributed by atoms with van der Waals surface area (Å²) in [6.07, 6.45) is 0. The average molecular weight is 307 g/mol. The zero-order valence-corrected chi connectivity index (χ0v) is 12.9. The third-order valence-electron chi connectivity index (χ3n) is 3.08. The molecule has 0 aliphatic carbocycles. The first-order valence-electron chi connectivity index (χ1n) is 6.47. The van der Waals surface area contributed by atoms with E-state index in [-0.39, 0.29) is 11.8 Å². The van der Waals surface area contributed by atoms with E-state index in [2.05, 4.69) is 10.3 Å². The van der Waals surface area contributed by atoms with Crippen LogP contribution in [0.5, 0.6) is 0 Å². The van der Waals surface area contributed by atoms with Gasteiger partial charge < -0.3 is 15.8 Å². The van der Waals surface area contributed by atoms with Crippen molar-refractivity contribution in [3.63, 3.8) is 0 Å². The molecule has 7 heteroatoms. The normalized spacial score (nSPS) is 12.4. The van der Waals surface area contributed by atoms with Gasteiger partial charge in [0.2, 0.25) is 0 Å². The van der Waals surface area contributed by atoms with Gasteiger partial charge in [-0.3, -0.25) is 4.79 Å². The van der Waals surface area contributed by atoms with Crippen molar-refractivity contribution in [1.82, 2.24) is 10.3 Å². The van der Waals surface area contributed by atoms with Gasteiger partial charge in [0.05, 0.1) is 17.3 Å². The highest BCUT2D eigenvalue weighted by atomic mass is 32.1. The van der Waals surface area contributed by atoms with E-state index in [0.717, 1.165) is 10.2 Å². The minimum atomic E-state index is -0.676. The summed E-state index contributed by atoms with van der Waals surface area (Å²) in [7, 11) is 1.30. The van der Waals surface area contributed by atoms with E-state index in [1.54, 1.807) is 18.2 Å². The summed E-state index contributed by atoms with van der Waals surface area (Å²) in [6, 6.07) is 4.43. The lowest BCUT2D eigenvalue weighted by atomic mass is 10.0. The lowest BCUT2D eigenvalue weighted by Crippen LogP contribution is -2.45. The summed E-state index contributed by atoms with van der Waals surface area (Å²) in [5.74, 6) is -0.849. The van der Waals surface area contributed by atoms with Crippen LogP contribution in [-0.4, -0.2) is 30.0 Å². The Morgan fingerprint density at radius 2 is 2.10 bits per heavy atom. The molecule has 0 radical (unpaired) electrons. The number of aromatic nitrogens is 1. The fourth-order valence-corrected chi connectivity index (χ4v) is 2.71. The second kappa shape index (κ2) is 6.09. The molecule has 2 aromatic rings. The molecule has 0 bridgehead atoms. The Morgan fingerprint density at radius 3 is 2.71 bits per heavy atom. The third-order valence-corrected chi connectivity index (χ3v) is 3.92. The van der Waals surface area contributed by atoms with Crippen molar-refractivity contribution in [2.45, 2.75) is 19.9 Å². The number of nitrogens with zero attached hydrogens (tertiary/aromatic N) is 1. The van der Waals surface area contributed by atoms with Crippen LogP contribution in [-0.2, 0) is 9.53 Å². The molecular weight excluding hydrogens is 290 g/mol. The van der Waals surface area contributed by atoms with Crippen LogP contribution in [0.3, 0.4) is 0 Å². The molecule has 1 heterocycles. The zero-order valence-electron chi connectivity index (χ0n) is 12.0. The minimum absolute atomic E-state index is 0.0656. The van der Waals surface area contributed by atoms with Gasteiger partial charge in [-0.1, -0.05) is 25.2 Å². The maximum atomic E-state index is 12.3. The monoisotopic (exact) mass is 307 g/mol. The summed E-state index contributed by atoms with van der Waals surface area (Å²) < 4.78 is 5.54. The second-order valence-electron chi connectivity index (χ2n) is 4.95. The Bertz CT molecular complexity index is 681. The SMILES string of the molecule is COC(=O)[C@@H](NC(=O)c1ccc2nc(N)sc2c1)C(C)C. The smallest absolute Gasteiger partial charge is 0.328 e. The number of ether oxygens (including phenoxy) is 1. The maximum Gasteiger partial charge on any atom is 0.328 e. The Morgan fingerprint density at radius 1 is 1.38 bits per heavy atom. The highest BCUT2D eigenvalue weighted by Crippen LogP contribution is 2.24. The van der Waals surface area contributed by atoms with Gasteiger partial charge in [0.15, 0.2) is 5.13 Å². The maximum absolute atomic E-state index is 12.3. The van der Waals surface area contributed by atoms with E-state index in [9.17, 15) is 9.59 Å². The first-order valence-corrected chi connectivity index (χ1v) is 7.28. The first-order chi connectivity index (χ1) is 9.92. The molecule has 0 aliphatic heterocycles. The number of thiazole rings is 1. The molecule has 1 amide bonds. The molecule has 1 atom stereocenters. The van der Waals surface area contributed by atoms with E-state index in [4.69, 9.17) is 10.5 Å². The number of nitrogens with one attached hydrogen (secondary N) is 1. The molecule has 0 saturated carbocycles. The molecule has 6 nitrogen and oxygen atoms in total. The minimum Gasteiger partial charge on any atom is -0.467 e. The molecule has 1 aromatic heterocycles. The average Bonchev–Trinajstić information content (AvgIpc) is 2.82. The van der Waals surface area contributed by atoms with Crippen LogP contribution in [0.4, 0.5) is 5.13 Å². The van der Waals surface area contributed by atoms with E-state index in [1.807, 2.05) is 13.8 Å². The molecule has 0 saturated heterocycles. The zero-order chi connectivity index (χ0) is 15.6. The van der Waals surface area contributed by atoms with E-state index in [1.165, 1.54) is 18.4 Å². The number of carbonyl (C=O) groups excluding carboxylic acids is 2. The number of nitrogens with two attached hydrogens (primary N) is 1. The van der Waals surface area contributed by atoms with Gasteiger partial charge in [-0.2, -0.15) is 0 Å². The predicted octanol–water partition coefficient (Wildman–Crippen LogP) is 1.81. The van der Waals surface area contributed by atoms with Crippen molar-refractivity contribution in [1.29, 1.82) is 0 Å². The van der Waals surface area contributed by atoms with E-state index in [0.29, 0.717) is 10.7 Å². The van der Waals surface area contributed by atoms with Crippen molar-refractivity contribution in [2.75, 3.05) is 12.8 Å². The molecule has 0 aliphatic rings. The standard InChI is InChI=1S/C14H17N3O3S/c1-7(2)11(13(19)20-3)17-12(18)8-4-5-9-10(6-8)21-14(15)16-9/h4-7,11H,1-3H3,(H2,15,16)(H,17,18)/t11-/m0/s1. The number of nitrogen functional groups attached to an aromatic ring is 1. The Kier molecular flexibility index (Phi) is 4.42. The second-order valence-corrected chi connectivity index (χ2v) is 6.02. The number of methoxy groups -OCH3 is 1. The number of rotatable bonds is 4. The summed E-state index contributed by atoms with van der Waals surface area (Å²) in [5, 5.41) is 3.15. The Labute approximate surface area is 126 Å². The summed E-state index contributed by atoms with van der Waals surface area (Å²) in [4.78, 5) is 28.1. The molecule has 1 aromatic carbocycles. The molecule has 3 N–H and O–H groups in total. The van der Waals surface area contributed by atoms with Crippen LogP contribution in [0, 0.1) is 5.92 Å². The first kappa shape index (κ1) is 15.2. The van der Waals surface area contributed by atoms with Gasteiger partial charge in [0, 0.05) is 5.56 Å². The number of carbonyl (C=O) groups is 2. The van der Waals surface area contributed by atoms with E-state index >= 15 is 0 Å². The molecule has 0 unspecified atom stereocenters. The van der Waals surface area contributed by atoms with Crippen molar-refractivity contribution in [3.8, 4) is 0 Å². The van der Waals surface area contributed by atoms with Crippen LogP contribution in [0.15, 0.2) is 18.2 Å². The number of hydrogen-bond donors (Lipinski definition) is 2. The number of fused-ring (bicyclic) bond motifs is 1. The summed E-state index contributed by atoms with van der Waals surface area (Å²) >= 11 is 1.31. The van der Waals surface area contributed by atoms with Crippen LogP contribution in [0.1, 0.15) is 24.2 Å². The molecule has 21 heavy (non-hydrogen) atoms. The van der Waals surface area contributed by atoms with Gasteiger partial charge in [-0.25, -0.2) is 9.78 Å². The van der Waals surface area contributed by atoms with Crippen LogP contribution in [0.25, 0.3) is 10.2 Å². The Balaban J connectivity index is 2.22. The van der Waals surface area contributed by atoms with Gasteiger partial charge in [-0.05, 0) is 24.1 Å². The molecule has 112 valence electrons. The predicted molar refractivity (Wildman–Crippen MR) is 82.1 cm³/mol. The van der Waals surface area contributed by atoms with Gasteiger partial charge in [-0.15, -0.1) is 0 Å². The number of anilines is 1. The van der Waals surface area contributed by atoms with Crippen molar-refractivity contribution in [3.05, 3.63) is 23.8 Å². The van der Waals surface area contributed by atoms with Crippen LogP contribution >= 0.6 is 11.3 Å². The van der Waals surface area contributed by atoms with Crippen LogP contribution < -0.4 is 11.1 Å². The van der Waals surface area contributed by atoms with Crippen LogP contribution in [0.2, 0.25) is 0 Å². The van der Waals surface area contributed by atoms with Crippen molar-refractivity contribution >= 4 is 38.6 Å². The summed E-state index contributed by atoms with van der Waals surface area (Å²) in [6.45, 7) is 3.68. The molecule has 2 rings (SSSR count). The highest BCUT2D eigenvalue weighted by molar-refractivity contribution is 7.22. The number of benzene rings is 1. The van der Waals surface area contributed by atoms with Gasteiger partial charge in [0.25, 0.3) is 5.91 Å². The number of amides is 1. The quantitative estimate of drug-likeness (QED) is 0.840. The van der Waals surface area contributed by atoms with Gasteiger partial charge >= 0.3 is 5.97 Å². The largest absolute Gasteiger partial charge is 0.467 e. The van der Waals surface area contributed by atoms with E-state index < -0.39 is 12.0 Å². The topological polar surface area (TPSA) is 94.3 Å². The molecular formula is C14H17N3O3S. The van der Waals surface area contributed by atoms with Crippen molar-refractivity contribution in [2.24, 2.45) is 5.92 Å². The Hall–Kier alpha value is -2.15. The van der Waals surface area contributed by atoms with Gasteiger partial charge in [0.1, 0.15) is 6.04 Å². The van der Waals surface area contributed by atoms with Crippen molar-refractivity contribution < 1.29 is 14.3 Å².